The van der Waals surface area contributed by atoms with Crippen LogP contribution >= 0.6 is 0 Å². The van der Waals surface area contributed by atoms with Crippen LogP contribution in [0.5, 0.6) is 0 Å². The summed E-state index contributed by atoms with van der Waals surface area (Å²) in [4.78, 5) is 2.32. The smallest absolute Gasteiger partial charge is 0.123 e. The predicted octanol–water partition coefficient (Wildman–Crippen LogP) is 2.39. The molecule has 2 saturated heterocycles. The standard InChI is InChI=1S/C19H28FNO3/c20-16-4-1-3-15(11-16)12-17-5-2-8-21(17)13-18(22)14-24-19-6-9-23-10-7-19/h1,3-4,11,17-19,22H,2,5-10,12-14H2. The van der Waals surface area contributed by atoms with Gasteiger partial charge in [0.05, 0.1) is 18.8 Å². The van der Waals surface area contributed by atoms with Crippen molar-refractivity contribution in [1.82, 2.24) is 4.90 Å². The first kappa shape index (κ1) is 17.8. The molecule has 0 spiro atoms. The molecule has 2 unspecified atom stereocenters. The van der Waals surface area contributed by atoms with Crippen LogP contribution in [0.3, 0.4) is 0 Å². The summed E-state index contributed by atoms with van der Waals surface area (Å²) >= 11 is 0. The normalized spacial score (nSPS) is 24.3. The zero-order chi connectivity index (χ0) is 16.8. The first-order chi connectivity index (χ1) is 11.7. The number of rotatable bonds is 7. The van der Waals surface area contributed by atoms with Crippen LogP contribution < -0.4 is 0 Å². The van der Waals surface area contributed by atoms with Crippen molar-refractivity contribution in [3.63, 3.8) is 0 Å². The van der Waals surface area contributed by atoms with Gasteiger partial charge in [-0.25, -0.2) is 4.39 Å². The molecule has 0 bridgehead atoms. The number of halogens is 1. The van der Waals surface area contributed by atoms with E-state index in [0.29, 0.717) is 19.2 Å². The third kappa shape index (κ3) is 5.24. The molecule has 24 heavy (non-hydrogen) atoms. The van der Waals surface area contributed by atoms with E-state index >= 15 is 0 Å². The van der Waals surface area contributed by atoms with Crippen LogP contribution in [0.25, 0.3) is 0 Å². The lowest BCUT2D eigenvalue weighted by Crippen LogP contribution is -2.40. The first-order valence-corrected chi connectivity index (χ1v) is 9.06. The number of aliphatic hydroxyl groups excluding tert-OH is 1. The van der Waals surface area contributed by atoms with Crippen molar-refractivity contribution in [3.8, 4) is 0 Å². The number of likely N-dealkylation sites (tertiary alicyclic amines) is 1. The lowest BCUT2D eigenvalue weighted by Gasteiger charge is -2.28. The summed E-state index contributed by atoms with van der Waals surface area (Å²) < 4.78 is 24.5. The molecule has 2 aliphatic rings. The molecular formula is C19H28FNO3. The van der Waals surface area contributed by atoms with E-state index in [1.165, 1.54) is 6.07 Å². The Morgan fingerprint density at radius 2 is 2.12 bits per heavy atom. The minimum absolute atomic E-state index is 0.179. The lowest BCUT2D eigenvalue weighted by molar-refractivity contribution is -0.0646. The third-order valence-electron chi connectivity index (χ3n) is 5.00. The van der Waals surface area contributed by atoms with Crippen LogP contribution in [0.15, 0.2) is 24.3 Å². The summed E-state index contributed by atoms with van der Waals surface area (Å²) in [6, 6.07) is 7.21. The van der Waals surface area contributed by atoms with Gasteiger partial charge in [-0.3, -0.25) is 4.90 Å². The van der Waals surface area contributed by atoms with E-state index in [9.17, 15) is 9.50 Å². The number of ether oxygens (including phenoxy) is 2. The van der Waals surface area contributed by atoms with Gasteiger partial charge in [0.25, 0.3) is 0 Å². The summed E-state index contributed by atoms with van der Waals surface area (Å²) in [6.07, 6.45) is 4.65. The van der Waals surface area contributed by atoms with Crippen molar-refractivity contribution in [3.05, 3.63) is 35.6 Å². The molecule has 1 N–H and O–H groups in total. The molecule has 4 nitrogen and oxygen atoms in total. The van der Waals surface area contributed by atoms with E-state index in [4.69, 9.17) is 9.47 Å². The second-order valence-corrected chi connectivity index (χ2v) is 6.92. The van der Waals surface area contributed by atoms with Gasteiger partial charge in [-0.05, 0) is 56.3 Å². The fraction of sp³-hybridized carbons (Fsp3) is 0.684. The van der Waals surface area contributed by atoms with Crippen LogP contribution in [-0.2, 0) is 15.9 Å². The Morgan fingerprint density at radius 3 is 2.92 bits per heavy atom. The van der Waals surface area contributed by atoms with Crippen molar-refractivity contribution >= 4 is 0 Å². The Labute approximate surface area is 143 Å². The first-order valence-electron chi connectivity index (χ1n) is 9.06. The molecule has 0 saturated carbocycles. The van der Waals surface area contributed by atoms with E-state index < -0.39 is 6.10 Å². The molecule has 0 amide bonds. The molecule has 1 aromatic carbocycles. The molecule has 3 rings (SSSR count). The topological polar surface area (TPSA) is 41.9 Å². The second-order valence-electron chi connectivity index (χ2n) is 6.92. The van der Waals surface area contributed by atoms with Gasteiger partial charge >= 0.3 is 0 Å². The van der Waals surface area contributed by atoms with Gasteiger partial charge in [0.15, 0.2) is 0 Å². The molecule has 2 fully saturated rings. The van der Waals surface area contributed by atoms with Crippen molar-refractivity contribution in [2.45, 2.75) is 50.4 Å². The fourth-order valence-electron chi connectivity index (χ4n) is 3.72. The summed E-state index contributed by atoms with van der Waals surface area (Å²) in [7, 11) is 0. The highest BCUT2D eigenvalue weighted by Gasteiger charge is 2.27. The summed E-state index contributed by atoms with van der Waals surface area (Å²) in [5, 5.41) is 10.3. The Kier molecular flexibility index (Phi) is 6.60. The van der Waals surface area contributed by atoms with Gasteiger partial charge in [-0.15, -0.1) is 0 Å². The lowest BCUT2D eigenvalue weighted by atomic mass is 10.0. The van der Waals surface area contributed by atoms with Crippen LogP contribution in [0.2, 0.25) is 0 Å². The van der Waals surface area contributed by atoms with E-state index in [1.807, 2.05) is 6.07 Å². The van der Waals surface area contributed by atoms with Crippen LogP contribution in [0.1, 0.15) is 31.2 Å². The monoisotopic (exact) mass is 337 g/mol. The number of aliphatic hydroxyl groups is 1. The minimum Gasteiger partial charge on any atom is -0.389 e. The Bertz CT molecular complexity index is 507. The fourth-order valence-corrected chi connectivity index (χ4v) is 3.72. The third-order valence-corrected chi connectivity index (χ3v) is 5.00. The minimum atomic E-state index is -0.471. The van der Waals surface area contributed by atoms with Crippen molar-refractivity contribution < 1.29 is 19.0 Å². The van der Waals surface area contributed by atoms with Gasteiger partial charge in [-0.2, -0.15) is 0 Å². The number of benzene rings is 1. The average molecular weight is 337 g/mol. The highest BCUT2D eigenvalue weighted by Crippen LogP contribution is 2.22. The van der Waals surface area contributed by atoms with Crippen molar-refractivity contribution in [2.24, 2.45) is 0 Å². The van der Waals surface area contributed by atoms with Gasteiger partial charge in [0.2, 0.25) is 0 Å². The molecule has 1 aromatic rings. The zero-order valence-electron chi connectivity index (χ0n) is 14.2. The maximum atomic E-state index is 13.3. The van der Waals surface area contributed by atoms with E-state index in [0.717, 1.165) is 57.4 Å². The molecule has 2 atom stereocenters. The molecule has 0 aliphatic carbocycles. The average Bonchev–Trinajstić information content (AvgIpc) is 3.01. The molecule has 0 radical (unpaired) electrons. The van der Waals surface area contributed by atoms with Gasteiger partial charge in [0.1, 0.15) is 5.82 Å². The summed E-state index contributed by atoms with van der Waals surface area (Å²) in [5.74, 6) is -0.179. The zero-order valence-corrected chi connectivity index (χ0v) is 14.2. The Morgan fingerprint density at radius 1 is 1.29 bits per heavy atom. The predicted molar refractivity (Wildman–Crippen MR) is 90.5 cm³/mol. The molecule has 134 valence electrons. The number of hydrogen-bond acceptors (Lipinski definition) is 4. The number of β-amino-alcohol motifs (C(OH)–C–C–N with tert-alkyl or cyclic N) is 1. The summed E-state index contributed by atoms with van der Waals surface area (Å²) in [5.41, 5.74) is 1.03. The largest absolute Gasteiger partial charge is 0.389 e. The van der Waals surface area contributed by atoms with Crippen molar-refractivity contribution in [2.75, 3.05) is 32.9 Å². The second kappa shape index (κ2) is 8.90. The SMILES string of the molecule is OC(COC1CCOCC1)CN1CCCC1Cc1cccc(F)c1. The Balaban J connectivity index is 1.44. The van der Waals surface area contributed by atoms with Crippen LogP contribution in [0.4, 0.5) is 4.39 Å². The molecular weight excluding hydrogens is 309 g/mol. The maximum Gasteiger partial charge on any atom is 0.123 e. The highest BCUT2D eigenvalue weighted by atomic mass is 19.1. The highest BCUT2D eigenvalue weighted by molar-refractivity contribution is 5.17. The van der Waals surface area contributed by atoms with Crippen LogP contribution in [0, 0.1) is 5.82 Å². The van der Waals surface area contributed by atoms with E-state index in [2.05, 4.69) is 4.90 Å². The van der Waals surface area contributed by atoms with E-state index in [1.54, 1.807) is 12.1 Å². The number of nitrogens with zero attached hydrogens (tertiary/aromatic N) is 1. The quantitative estimate of drug-likeness (QED) is 0.830. The van der Waals surface area contributed by atoms with E-state index in [-0.39, 0.29) is 11.9 Å². The Hall–Kier alpha value is -1.01. The van der Waals surface area contributed by atoms with Gasteiger partial charge < -0.3 is 14.6 Å². The maximum absolute atomic E-state index is 13.3. The molecule has 2 heterocycles. The number of hydrogen-bond donors (Lipinski definition) is 1. The van der Waals surface area contributed by atoms with Crippen LogP contribution in [-0.4, -0.2) is 61.2 Å². The molecule has 2 aliphatic heterocycles. The molecule has 5 heteroatoms. The molecule has 0 aromatic heterocycles. The van der Waals surface area contributed by atoms with Gasteiger partial charge in [-0.1, -0.05) is 12.1 Å². The van der Waals surface area contributed by atoms with Gasteiger partial charge in [0, 0.05) is 25.8 Å². The van der Waals surface area contributed by atoms with Crippen molar-refractivity contribution in [1.29, 1.82) is 0 Å². The summed E-state index contributed by atoms with van der Waals surface area (Å²) in [6.45, 7) is 3.51.